The van der Waals surface area contributed by atoms with E-state index in [-0.39, 0.29) is 18.0 Å². The fraction of sp³-hybridized carbons (Fsp3) is 0.294. The number of carbonyl (C=O) groups excluding carboxylic acids is 2. The summed E-state index contributed by atoms with van der Waals surface area (Å²) in [7, 11) is 0. The second kappa shape index (κ2) is 4.73. The van der Waals surface area contributed by atoms with Crippen LogP contribution in [0.25, 0.3) is 0 Å². The van der Waals surface area contributed by atoms with Crippen LogP contribution >= 0.6 is 0 Å². The van der Waals surface area contributed by atoms with Gasteiger partial charge in [-0.3, -0.25) is 0 Å². The summed E-state index contributed by atoms with van der Waals surface area (Å²) >= 11 is 0. The molecule has 0 aromatic heterocycles. The lowest BCUT2D eigenvalue weighted by molar-refractivity contribution is -0.152. The van der Waals surface area contributed by atoms with Gasteiger partial charge in [-0.25, -0.2) is 9.59 Å². The van der Waals surface area contributed by atoms with Gasteiger partial charge in [0.2, 0.25) is 0 Å². The number of carbonyl (C=O) groups is 2. The largest absolute Gasteiger partial charge is 0.458 e. The van der Waals surface area contributed by atoms with Gasteiger partial charge in [-0.2, -0.15) is 0 Å². The molecular formula is C17H14O5. The van der Waals surface area contributed by atoms with Crippen molar-refractivity contribution >= 4 is 11.9 Å². The molecule has 3 atom stereocenters. The molecule has 2 aliphatic heterocycles. The van der Waals surface area contributed by atoms with Crippen molar-refractivity contribution < 1.29 is 23.8 Å². The highest BCUT2D eigenvalue weighted by atomic mass is 16.7. The molecule has 1 aromatic carbocycles. The average molecular weight is 298 g/mol. The number of esters is 2. The smallest absolute Gasteiger partial charge is 0.338 e. The fourth-order valence-electron chi connectivity index (χ4n) is 3.16. The predicted octanol–water partition coefficient (Wildman–Crippen LogP) is 2.19. The van der Waals surface area contributed by atoms with Crippen LogP contribution in [0.4, 0.5) is 0 Å². The van der Waals surface area contributed by atoms with Gasteiger partial charge in [0, 0.05) is 17.6 Å². The number of fused-ring (bicyclic) bond motifs is 3. The Morgan fingerprint density at radius 3 is 2.77 bits per heavy atom. The Balaban J connectivity index is 1.55. The number of rotatable bonds is 2. The molecule has 112 valence electrons. The number of cyclic esters (lactones) is 1. The molecule has 4 rings (SSSR count). The van der Waals surface area contributed by atoms with Gasteiger partial charge in [0.15, 0.2) is 0 Å². The average Bonchev–Trinajstić information content (AvgIpc) is 3.10. The first-order valence-electron chi connectivity index (χ1n) is 7.17. The SMILES string of the molecule is CC1=C[C@@H](O/C=C2/C(=O)OC3c4ccccc4CC23)OC1=O. The lowest BCUT2D eigenvalue weighted by Crippen LogP contribution is -2.11. The fourth-order valence-corrected chi connectivity index (χ4v) is 3.16. The number of hydrogen-bond donors (Lipinski definition) is 0. The number of ether oxygens (including phenoxy) is 3. The van der Waals surface area contributed by atoms with Crippen LogP contribution in [0.2, 0.25) is 0 Å². The maximum atomic E-state index is 12.0. The monoisotopic (exact) mass is 298 g/mol. The van der Waals surface area contributed by atoms with Crippen molar-refractivity contribution in [1.82, 2.24) is 0 Å². The van der Waals surface area contributed by atoms with Crippen LogP contribution in [0.15, 0.2) is 47.7 Å². The second-order valence-electron chi connectivity index (χ2n) is 5.67. The minimum Gasteiger partial charge on any atom is -0.458 e. The summed E-state index contributed by atoms with van der Waals surface area (Å²) in [5.74, 6) is -0.801. The van der Waals surface area contributed by atoms with E-state index in [2.05, 4.69) is 0 Å². The molecular weight excluding hydrogens is 284 g/mol. The maximum absolute atomic E-state index is 12.0. The van der Waals surface area contributed by atoms with Crippen LogP contribution < -0.4 is 0 Å². The molecule has 1 saturated heterocycles. The summed E-state index contributed by atoms with van der Waals surface area (Å²) in [6.07, 6.45) is 2.71. The molecule has 5 nitrogen and oxygen atoms in total. The first-order chi connectivity index (χ1) is 10.6. The summed E-state index contributed by atoms with van der Waals surface area (Å²) in [6.45, 7) is 1.66. The number of hydrogen-bond acceptors (Lipinski definition) is 5. The summed E-state index contributed by atoms with van der Waals surface area (Å²) in [5, 5.41) is 0. The Morgan fingerprint density at radius 1 is 1.18 bits per heavy atom. The van der Waals surface area contributed by atoms with E-state index in [1.165, 1.54) is 11.8 Å². The van der Waals surface area contributed by atoms with Gasteiger partial charge < -0.3 is 14.2 Å². The van der Waals surface area contributed by atoms with Gasteiger partial charge in [-0.1, -0.05) is 24.3 Å². The Labute approximate surface area is 127 Å². The minimum atomic E-state index is -0.768. The molecule has 0 bridgehead atoms. The van der Waals surface area contributed by atoms with Crippen LogP contribution in [0, 0.1) is 5.92 Å². The Kier molecular flexibility index (Phi) is 2.82. The van der Waals surface area contributed by atoms with E-state index in [1.54, 1.807) is 13.0 Å². The normalized spacial score (nSPS) is 30.7. The van der Waals surface area contributed by atoms with E-state index in [9.17, 15) is 9.59 Å². The van der Waals surface area contributed by atoms with Crippen molar-refractivity contribution in [3.8, 4) is 0 Å². The van der Waals surface area contributed by atoms with Crippen molar-refractivity contribution in [1.29, 1.82) is 0 Å². The van der Waals surface area contributed by atoms with Crippen molar-refractivity contribution in [2.24, 2.45) is 5.92 Å². The lowest BCUT2D eigenvalue weighted by atomic mass is 9.98. The molecule has 5 heteroatoms. The molecule has 3 aliphatic rings. The topological polar surface area (TPSA) is 61.8 Å². The third-order valence-corrected chi connectivity index (χ3v) is 4.30. The molecule has 0 N–H and O–H groups in total. The van der Waals surface area contributed by atoms with Crippen LogP contribution in [-0.2, 0) is 30.2 Å². The summed E-state index contributed by atoms with van der Waals surface area (Å²) < 4.78 is 15.9. The Bertz CT molecular complexity index is 730. The van der Waals surface area contributed by atoms with Crippen LogP contribution in [0.3, 0.4) is 0 Å². The zero-order valence-electron chi connectivity index (χ0n) is 11.9. The highest BCUT2D eigenvalue weighted by Gasteiger charge is 2.46. The van der Waals surface area contributed by atoms with Crippen molar-refractivity contribution in [2.75, 3.05) is 0 Å². The van der Waals surface area contributed by atoms with Crippen molar-refractivity contribution in [3.05, 3.63) is 58.9 Å². The van der Waals surface area contributed by atoms with E-state index >= 15 is 0 Å². The van der Waals surface area contributed by atoms with E-state index < -0.39 is 12.3 Å². The molecule has 1 aliphatic carbocycles. The van der Waals surface area contributed by atoms with Crippen LogP contribution in [-0.4, -0.2) is 18.2 Å². The van der Waals surface area contributed by atoms with Crippen LogP contribution in [0.1, 0.15) is 24.2 Å². The highest BCUT2D eigenvalue weighted by Crippen LogP contribution is 2.47. The predicted molar refractivity (Wildman–Crippen MR) is 75.3 cm³/mol. The third-order valence-electron chi connectivity index (χ3n) is 4.30. The quantitative estimate of drug-likeness (QED) is 0.476. The maximum Gasteiger partial charge on any atom is 0.338 e. The zero-order valence-corrected chi connectivity index (χ0v) is 11.9. The molecule has 0 amide bonds. The Hall–Kier alpha value is -2.56. The van der Waals surface area contributed by atoms with Crippen molar-refractivity contribution in [3.63, 3.8) is 0 Å². The number of benzene rings is 1. The standard InChI is InChI=1S/C17H14O5/c1-9-6-14(21-16(9)18)20-8-13-12-7-10-4-2-3-5-11(10)15(12)22-17(13)19/h2-6,8,12,14-15H,7H2,1H3/b13-8+/t12?,14-,15?/m0/s1. The molecule has 2 heterocycles. The third kappa shape index (κ3) is 1.93. The van der Waals surface area contributed by atoms with Gasteiger partial charge in [0.1, 0.15) is 6.10 Å². The van der Waals surface area contributed by atoms with E-state index in [1.807, 2.05) is 24.3 Å². The van der Waals surface area contributed by atoms with Gasteiger partial charge in [0.05, 0.1) is 11.8 Å². The van der Waals surface area contributed by atoms with Gasteiger partial charge in [-0.05, 0) is 24.5 Å². The first-order valence-corrected chi connectivity index (χ1v) is 7.17. The molecule has 2 unspecified atom stereocenters. The molecule has 0 saturated carbocycles. The van der Waals surface area contributed by atoms with Gasteiger partial charge in [-0.15, -0.1) is 0 Å². The minimum absolute atomic E-state index is 0.0351. The zero-order chi connectivity index (χ0) is 15.3. The first kappa shape index (κ1) is 13.1. The van der Waals surface area contributed by atoms with Gasteiger partial charge >= 0.3 is 11.9 Å². The Morgan fingerprint density at radius 2 is 2.00 bits per heavy atom. The summed E-state index contributed by atoms with van der Waals surface area (Å²) in [4.78, 5) is 23.3. The molecule has 0 radical (unpaired) electrons. The summed E-state index contributed by atoms with van der Waals surface area (Å²) in [6, 6.07) is 7.96. The van der Waals surface area contributed by atoms with E-state index in [4.69, 9.17) is 14.2 Å². The van der Waals surface area contributed by atoms with Crippen LogP contribution in [0.5, 0.6) is 0 Å². The molecule has 1 fully saturated rings. The molecule has 1 aromatic rings. The van der Waals surface area contributed by atoms with E-state index in [0.29, 0.717) is 11.1 Å². The lowest BCUT2D eigenvalue weighted by Gasteiger charge is -2.09. The highest BCUT2D eigenvalue weighted by molar-refractivity contribution is 5.92. The van der Waals surface area contributed by atoms with E-state index in [0.717, 1.165) is 12.0 Å². The van der Waals surface area contributed by atoms with Gasteiger partial charge in [0.25, 0.3) is 6.29 Å². The van der Waals surface area contributed by atoms with Crippen molar-refractivity contribution in [2.45, 2.75) is 25.7 Å². The molecule has 0 spiro atoms. The molecule has 22 heavy (non-hydrogen) atoms. The summed E-state index contributed by atoms with van der Waals surface area (Å²) in [5.41, 5.74) is 3.25. The second-order valence-corrected chi connectivity index (χ2v) is 5.67.